The van der Waals surface area contributed by atoms with Crippen LogP contribution >= 0.6 is 23.2 Å². The molecule has 1 aromatic rings. The summed E-state index contributed by atoms with van der Waals surface area (Å²) >= 11 is 11.6. The van der Waals surface area contributed by atoms with Crippen molar-refractivity contribution < 1.29 is 4.74 Å². The molecule has 5 heteroatoms. The molecule has 0 spiro atoms. The summed E-state index contributed by atoms with van der Waals surface area (Å²) in [5.74, 6) is 0.974. The minimum atomic E-state index is 0.231. The van der Waals surface area contributed by atoms with Crippen molar-refractivity contribution in [3.05, 3.63) is 16.1 Å². The summed E-state index contributed by atoms with van der Waals surface area (Å²) < 4.78 is 5.35. The molecule has 2 N–H and O–H groups in total. The smallest absolute Gasteiger partial charge is 0.234 e. The number of nitrogens with zero attached hydrogens (tertiary/aromatic N) is 1. The molecule has 78 valence electrons. The number of hydrogen-bond donors (Lipinski definition) is 1. The number of rotatable bonds is 3. The maximum absolute atomic E-state index is 5.86. The molecule has 0 aliphatic carbocycles. The molecule has 1 rings (SSSR count). The van der Waals surface area contributed by atoms with E-state index in [1.807, 2.05) is 13.8 Å². The van der Waals surface area contributed by atoms with Gasteiger partial charge in [0.2, 0.25) is 5.88 Å². The van der Waals surface area contributed by atoms with Crippen LogP contribution < -0.4 is 10.5 Å². The Balaban J connectivity index is 2.82. The van der Waals surface area contributed by atoms with Gasteiger partial charge in [-0.25, -0.2) is 0 Å². The largest absolute Gasteiger partial charge is 0.476 e. The van der Waals surface area contributed by atoms with E-state index < -0.39 is 0 Å². The SMILES string of the molecule is CC(C)COc1nc(N)c(Cl)cc1Cl. The Hall–Kier alpha value is -0.670. The number of nitrogens with two attached hydrogens (primary N) is 1. The minimum Gasteiger partial charge on any atom is -0.476 e. The Bertz CT molecular complexity index is 329. The molecule has 0 fully saturated rings. The van der Waals surface area contributed by atoms with E-state index in [-0.39, 0.29) is 5.82 Å². The molecule has 0 radical (unpaired) electrons. The molecule has 0 saturated heterocycles. The first kappa shape index (κ1) is 11.4. The van der Waals surface area contributed by atoms with Crippen LogP contribution in [0, 0.1) is 5.92 Å². The highest BCUT2D eigenvalue weighted by atomic mass is 35.5. The zero-order valence-corrected chi connectivity index (χ0v) is 9.56. The first-order chi connectivity index (χ1) is 6.50. The van der Waals surface area contributed by atoms with Crippen LogP contribution in [-0.2, 0) is 0 Å². The van der Waals surface area contributed by atoms with E-state index in [2.05, 4.69) is 4.98 Å². The van der Waals surface area contributed by atoms with Gasteiger partial charge in [-0.3, -0.25) is 0 Å². The predicted molar refractivity (Wildman–Crippen MR) is 59.0 cm³/mol. The van der Waals surface area contributed by atoms with Gasteiger partial charge >= 0.3 is 0 Å². The second kappa shape index (κ2) is 4.71. The fourth-order valence-electron chi connectivity index (χ4n) is 0.810. The number of hydrogen-bond acceptors (Lipinski definition) is 3. The average Bonchev–Trinajstić information content (AvgIpc) is 2.09. The molecule has 1 heterocycles. The van der Waals surface area contributed by atoms with Crippen molar-refractivity contribution in [3.8, 4) is 5.88 Å². The number of anilines is 1. The molecule has 0 amide bonds. The number of aromatic nitrogens is 1. The number of pyridine rings is 1. The van der Waals surface area contributed by atoms with Crippen molar-refractivity contribution in [2.75, 3.05) is 12.3 Å². The molecular weight excluding hydrogens is 223 g/mol. The highest BCUT2D eigenvalue weighted by Crippen LogP contribution is 2.29. The topological polar surface area (TPSA) is 48.1 Å². The average molecular weight is 235 g/mol. The Morgan fingerprint density at radius 1 is 1.43 bits per heavy atom. The van der Waals surface area contributed by atoms with Crippen molar-refractivity contribution >= 4 is 29.0 Å². The monoisotopic (exact) mass is 234 g/mol. The van der Waals surface area contributed by atoms with E-state index in [1.54, 1.807) is 0 Å². The van der Waals surface area contributed by atoms with Gasteiger partial charge < -0.3 is 10.5 Å². The van der Waals surface area contributed by atoms with E-state index in [9.17, 15) is 0 Å². The molecule has 0 saturated carbocycles. The van der Waals surface area contributed by atoms with Gasteiger partial charge in [0.1, 0.15) is 10.8 Å². The first-order valence-corrected chi connectivity index (χ1v) is 5.00. The van der Waals surface area contributed by atoms with Crippen molar-refractivity contribution in [3.63, 3.8) is 0 Å². The van der Waals surface area contributed by atoms with Gasteiger partial charge in [-0.2, -0.15) is 4.98 Å². The lowest BCUT2D eigenvalue weighted by atomic mass is 10.2. The summed E-state index contributed by atoms with van der Waals surface area (Å²) in [7, 11) is 0. The first-order valence-electron chi connectivity index (χ1n) is 4.25. The number of ether oxygens (including phenoxy) is 1. The van der Waals surface area contributed by atoms with Crippen molar-refractivity contribution in [1.82, 2.24) is 4.98 Å². The molecule has 1 aromatic heterocycles. The summed E-state index contributed by atoms with van der Waals surface area (Å²) in [6.07, 6.45) is 0. The van der Waals surface area contributed by atoms with Crippen molar-refractivity contribution in [1.29, 1.82) is 0 Å². The third-order valence-electron chi connectivity index (χ3n) is 1.48. The molecule has 14 heavy (non-hydrogen) atoms. The summed E-state index contributed by atoms with van der Waals surface area (Å²) in [5, 5.41) is 0.719. The van der Waals surface area contributed by atoms with Crippen molar-refractivity contribution in [2.45, 2.75) is 13.8 Å². The maximum Gasteiger partial charge on any atom is 0.234 e. The van der Waals surface area contributed by atoms with E-state index in [0.29, 0.717) is 28.5 Å². The van der Waals surface area contributed by atoms with Crippen LogP contribution in [0.4, 0.5) is 5.82 Å². The summed E-state index contributed by atoms with van der Waals surface area (Å²) in [5.41, 5.74) is 5.51. The van der Waals surface area contributed by atoms with E-state index >= 15 is 0 Å². The van der Waals surface area contributed by atoms with E-state index in [0.717, 1.165) is 0 Å². The lowest BCUT2D eigenvalue weighted by molar-refractivity contribution is 0.262. The lowest BCUT2D eigenvalue weighted by Gasteiger charge is -2.10. The van der Waals surface area contributed by atoms with Crippen LogP contribution in [0.25, 0.3) is 0 Å². The van der Waals surface area contributed by atoms with Crippen LogP contribution in [0.5, 0.6) is 5.88 Å². The summed E-state index contributed by atoms with van der Waals surface area (Å²) in [6.45, 7) is 4.62. The molecule has 0 aromatic carbocycles. The predicted octanol–water partition coefficient (Wildman–Crippen LogP) is 3.01. The highest BCUT2D eigenvalue weighted by molar-refractivity contribution is 6.36. The van der Waals surface area contributed by atoms with Crippen molar-refractivity contribution in [2.24, 2.45) is 5.92 Å². The van der Waals surface area contributed by atoms with Gasteiger partial charge in [0.25, 0.3) is 0 Å². The summed E-state index contributed by atoms with van der Waals surface area (Å²) in [6, 6.07) is 1.53. The van der Waals surface area contributed by atoms with Crippen LogP contribution in [0.3, 0.4) is 0 Å². The second-order valence-corrected chi connectivity index (χ2v) is 4.16. The second-order valence-electron chi connectivity index (χ2n) is 3.35. The lowest BCUT2D eigenvalue weighted by Crippen LogP contribution is -2.07. The molecule has 0 atom stereocenters. The minimum absolute atomic E-state index is 0.231. The van der Waals surface area contributed by atoms with Gasteiger partial charge in [0.05, 0.1) is 11.6 Å². The molecule has 0 aliphatic heterocycles. The molecule has 0 unspecified atom stereocenters. The van der Waals surface area contributed by atoms with Gasteiger partial charge in [-0.1, -0.05) is 37.0 Å². The third-order valence-corrected chi connectivity index (χ3v) is 2.05. The van der Waals surface area contributed by atoms with Crippen LogP contribution in [0.15, 0.2) is 6.07 Å². The van der Waals surface area contributed by atoms with Gasteiger partial charge in [-0.05, 0) is 12.0 Å². The quantitative estimate of drug-likeness (QED) is 0.875. The van der Waals surface area contributed by atoms with Crippen LogP contribution in [0.2, 0.25) is 10.0 Å². The Morgan fingerprint density at radius 3 is 2.64 bits per heavy atom. The number of halogens is 2. The van der Waals surface area contributed by atoms with Gasteiger partial charge in [0.15, 0.2) is 0 Å². The Morgan fingerprint density at radius 2 is 2.07 bits per heavy atom. The van der Waals surface area contributed by atoms with Gasteiger partial charge in [0, 0.05) is 0 Å². The van der Waals surface area contributed by atoms with E-state index in [1.165, 1.54) is 6.07 Å². The third kappa shape index (κ3) is 2.93. The summed E-state index contributed by atoms with van der Waals surface area (Å²) in [4.78, 5) is 3.94. The molecule has 0 aliphatic rings. The Kier molecular flexibility index (Phi) is 3.84. The van der Waals surface area contributed by atoms with Crippen LogP contribution in [0.1, 0.15) is 13.8 Å². The zero-order valence-electron chi connectivity index (χ0n) is 8.05. The number of nitrogen functional groups attached to an aromatic ring is 1. The van der Waals surface area contributed by atoms with E-state index in [4.69, 9.17) is 33.7 Å². The molecule has 0 bridgehead atoms. The highest BCUT2D eigenvalue weighted by Gasteiger charge is 2.08. The standard InChI is InChI=1S/C9H12Cl2N2O/c1-5(2)4-14-9-7(11)3-6(10)8(12)13-9/h3,5H,4H2,1-2H3,(H2,12,13). The fourth-order valence-corrected chi connectivity index (χ4v) is 1.22. The Labute approximate surface area is 93.2 Å². The fraction of sp³-hybridized carbons (Fsp3) is 0.444. The zero-order chi connectivity index (χ0) is 10.7. The van der Waals surface area contributed by atoms with Crippen LogP contribution in [-0.4, -0.2) is 11.6 Å². The normalized spacial score (nSPS) is 10.6. The maximum atomic E-state index is 5.86. The van der Waals surface area contributed by atoms with Gasteiger partial charge in [-0.15, -0.1) is 0 Å². The molecule has 3 nitrogen and oxygen atoms in total. The molecular formula is C9H12Cl2N2O.